The normalized spacial score (nSPS) is 10.4. The quantitative estimate of drug-likeness (QED) is 0.590. The Kier molecular flexibility index (Phi) is 6.07. The van der Waals surface area contributed by atoms with Gasteiger partial charge in [0.25, 0.3) is 5.91 Å². The van der Waals surface area contributed by atoms with Crippen molar-refractivity contribution in [3.63, 3.8) is 0 Å². The molecule has 28 heavy (non-hydrogen) atoms. The van der Waals surface area contributed by atoms with E-state index in [9.17, 15) is 9.59 Å². The molecule has 142 valence electrons. The molecule has 1 aromatic heterocycles. The van der Waals surface area contributed by atoms with Crippen molar-refractivity contribution >= 4 is 16.9 Å². The van der Waals surface area contributed by atoms with E-state index in [-0.39, 0.29) is 12.5 Å². The maximum atomic E-state index is 12.6. The van der Waals surface area contributed by atoms with Crippen LogP contribution in [0.3, 0.4) is 0 Å². The molecule has 1 heterocycles. The van der Waals surface area contributed by atoms with Gasteiger partial charge in [-0.2, -0.15) is 5.26 Å². The average Bonchev–Trinajstić information content (AvgIpc) is 2.71. The van der Waals surface area contributed by atoms with Gasteiger partial charge in [-0.1, -0.05) is 19.1 Å². The molecule has 0 spiro atoms. The average molecular weight is 376 g/mol. The van der Waals surface area contributed by atoms with Crippen LogP contribution in [0, 0.1) is 11.3 Å². The summed E-state index contributed by atoms with van der Waals surface area (Å²) in [5.74, 6) is 0.325. The van der Waals surface area contributed by atoms with Gasteiger partial charge >= 0.3 is 5.63 Å². The van der Waals surface area contributed by atoms with Gasteiger partial charge in [-0.05, 0) is 42.3 Å². The van der Waals surface area contributed by atoms with Gasteiger partial charge in [0.2, 0.25) is 0 Å². The maximum absolute atomic E-state index is 12.6. The molecule has 0 bridgehead atoms. The highest BCUT2D eigenvalue weighted by Crippen LogP contribution is 2.19. The maximum Gasteiger partial charge on any atom is 0.336 e. The summed E-state index contributed by atoms with van der Waals surface area (Å²) in [6, 6.07) is 17.4. The first-order valence-corrected chi connectivity index (χ1v) is 9.02. The van der Waals surface area contributed by atoms with E-state index in [1.807, 2.05) is 19.1 Å². The molecule has 6 nitrogen and oxygen atoms in total. The van der Waals surface area contributed by atoms with Crippen molar-refractivity contribution in [2.24, 2.45) is 0 Å². The Hall–Kier alpha value is -3.59. The fraction of sp³-hybridized carbons (Fsp3) is 0.227. The number of amides is 1. The third kappa shape index (κ3) is 4.77. The molecule has 6 heteroatoms. The molecular weight excluding hydrogens is 356 g/mol. The van der Waals surface area contributed by atoms with Crippen LogP contribution in [0.25, 0.3) is 11.0 Å². The van der Waals surface area contributed by atoms with Crippen LogP contribution in [0.15, 0.2) is 63.8 Å². The Morgan fingerprint density at radius 3 is 2.61 bits per heavy atom. The van der Waals surface area contributed by atoms with E-state index < -0.39 is 5.63 Å². The van der Waals surface area contributed by atoms with Crippen molar-refractivity contribution in [3.05, 3.63) is 76.1 Å². The van der Waals surface area contributed by atoms with Crippen molar-refractivity contribution in [1.29, 1.82) is 5.26 Å². The van der Waals surface area contributed by atoms with E-state index in [0.29, 0.717) is 30.0 Å². The number of hydrogen-bond donors (Lipinski definition) is 0. The van der Waals surface area contributed by atoms with E-state index in [0.717, 1.165) is 17.4 Å². The van der Waals surface area contributed by atoms with Crippen LogP contribution < -0.4 is 10.4 Å². The summed E-state index contributed by atoms with van der Waals surface area (Å²) in [5.41, 5.74) is 1.52. The van der Waals surface area contributed by atoms with Gasteiger partial charge in [0.15, 0.2) is 6.61 Å². The van der Waals surface area contributed by atoms with Gasteiger partial charge in [0.1, 0.15) is 11.3 Å². The monoisotopic (exact) mass is 376 g/mol. The van der Waals surface area contributed by atoms with E-state index in [1.165, 1.54) is 6.07 Å². The molecule has 0 fully saturated rings. The molecule has 1 amide bonds. The van der Waals surface area contributed by atoms with Gasteiger partial charge in [0.05, 0.1) is 11.6 Å². The van der Waals surface area contributed by atoms with Crippen LogP contribution >= 0.6 is 0 Å². The Balaban J connectivity index is 1.66. The lowest BCUT2D eigenvalue weighted by Crippen LogP contribution is -2.35. The number of fused-ring (bicyclic) bond motifs is 1. The molecule has 0 unspecified atom stereocenters. The second kappa shape index (κ2) is 8.87. The molecule has 3 rings (SSSR count). The number of nitriles is 1. The van der Waals surface area contributed by atoms with Gasteiger partial charge in [-0.15, -0.1) is 0 Å². The zero-order valence-electron chi connectivity index (χ0n) is 15.6. The number of hydrogen-bond acceptors (Lipinski definition) is 5. The SMILES string of the molecule is CCCN(Cc1ccc(C#N)cc1)C(=O)COc1ccc2ccc(=O)oc2c1. The minimum atomic E-state index is -0.433. The van der Waals surface area contributed by atoms with Crippen LogP contribution in [0.5, 0.6) is 5.75 Å². The lowest BCUT2D eigenvalue weighted by Gasteiger charge is -2.22. The Morgan fingerprint density at radius 1 is 1.14 bits per heavy atom. The van der Waals surface area contributed by atoms with E-state index >= 15 is 0 Å². The van der Waals surface area contributed by atoms with Crippen LogP contribution in [0.1, 0.15) is 24.5 Å². The summed E-state index contributed by atoms with van der Waals surface area (Å²) in [5, 5.41) is 9.67. The standard InChI is InChI=1S/C22H20N2O4/c1-2-11-24(14-17-5-3-16(13-23)4-6-17)21(25)15-27-19-9-7-18-8-10-22(26)28-20(18)12-19/h3-10,12H,2,11,14-15H2,1H3. The second-order valence-electron chi connectivity index (χ2n) is 6.37. The minimum Gasteiger partial charge on any atom is -0.484 e. The zero-order chi connectivity index (χ0) is 19.9. The number of benzene rings is 2. The zero-order valence-corrected chi connectivity index (χ0v) is 15.6. The number of ether oxygens (including phenoxy) is 1. The minimum absolute atomic E-state index is 0.112. The number of carbonyl (C=O) groups excluding carboxylic acids is 1. The summed E-state index contributed by atoms with van der Waals surface area (Å²) in [4.78, 5) is 25.7. The molecule has 0 aliphatic heterocycles. The molecule has 0 aliphatic carbocycles. The van der Waals surface area contributed by atoms with Crippen molar-refractivity contribution in [1.82, 2.24) is 4.90 Å². The summed E-state index contributed by atoms with van der Waals surface area (Å²) >= 11 is 0. The topological polar surface area (TPSA) is 83.5 Å². The molecule has 3 aromatic rings. The van der Waals surface area contributed by atoms with Crippen LogP contribution in [-0.4, -0.2) is 24.0 Å². The highest BCUT2D eigenvalue weighted by Gasteiger charge is 2.14. The highest BCUT2D eigenvalue weighted by atomic mass is 16.5. The van der Waals surface area contributed by atoms with Gasteiger partial charge in [-0.25, -0.2) is 4.79 Å². The summed E-state index contributed by atoms with van der Waals surface area (Å²) in [6.07, 6.45) is 0.823. The summed E-state index contributed by atoms with van der Waals surface area (Å²) in [6.45, 7) is 2.95. The second-order valence-corrected chi connectivity index (χ2v) is 6.37. The molecule has 0 aliphatic rings. The lowest BCUT2D eigenvalue weighted by molar-refractivity contribution is -0.134. The predicted molar refractivity (Wildman–Crippen MR) is 105 cm³/mol. The predicted octanol–water partition coefficient (Wildman–Crippen LogP) is 3.48. The molecule has 2 aromatic carbocycles. The Labute approximate surface area is 162 Å². The van der Waals surface area contributed by atoms with Gasteiger partial charge in [-0.3, -0.25) is 4.79 Å². The van der Waals surface area contributed by atoms with Crippen LogP contribution in [0.2, 0.25) is 0 Å². The molecule has 0 radical (unpaired) electrons. The molecular formula is C22H20N2O4. The van der Waals surface area contributed by atoms with Crippen molar-refractivity contribution in [2.75, 3.05) is 13.2 Å². The Bertz CT molecular complexity index is 1060. The molecule has 0 N–H and O–H groups in total. The van der Waals surface area contributed by atoms with E-state index in [2.05, 4.69) is 6.07 Å². The molecule has 0 saturated heterocycles. The summed E-state index contributed by atoms with van der Waals surface area (Å²) < 4.78 is 10.8. The van der Waals surface area contributed by atoms with Crippen molar-refractivity contribution < 1.29 is 13.9 Å². The van der Waals surface area contributed by atoms with E-state index in [4.69, 9.17) is 14.4 Å². The van der Waals surface area contributed by atoms with Crippen molar-refractivity contribution in [3.8, 4) is 11.8 Å². The van der Waals surface area contributed by atoms with E-state index in [1.54, 1.807) is 41.3 Å². The first-order valence-electron chi connectivity index (χ1n) is 9.02. The first kappa shape index (κ1) is 19.2. The van der Waals surface area contributed by atoms with Crippen molar-refractivity contribution in [2.45, 2.75) is 19.9 Å². The third-order valence-corrected chi connectivity index (χ3v) is 4.26. The van der Waals surface area contributed by atoms with Crippen LogP contribution in [0.4, 0.5) is 0 Å². The summed E-state index contributed by atoms with van der Waals surface area (Å²) in [7, 11) is 0. The Morgan fingerprint density at radius 2 is 1.89 bits per heavy atom. The fourth-order valence-corrected chi connectivity index (χ4v) is 2.83. The van der Waals surface area contributed by atoms with Crippen LogP contribution in [-0.2, 0) is 11.3 Å². The number of nitrogens with zero attached hydrogens (tertiary/aromatic N) is 2. The lowest BCUT2D eigenvalue weighted by atomic mass is 10.1. The fourth-order valence-electron chi connectivity index (χ4n) is 2.83. The molecule has 0 atom stereocenters. The molecule has 0 saturated carbocycles. The highest BCUT2D eigenvalue weighted by molar-refractivity contribution is 5.79. The number of carbonyl (C=O) groups is 1. The number of rotatable bonds is 7. The van der Waals surface area contributed by atoms with Gasteiger partial charge < -0.3 is 14.1 Å². The van der Waals surface area contributed by atoms with Gasteiger partial charge in [0, 0.05) is 30.6 Å². The largest absolute Gasteiger partial charge is 0.484 e. The smallest absolute Gasteiger partial charge is 0.336 e. The third-order valence-electron chi connectivity index (χ3n) is 4.26. The first-order chi connectivity index (χ1) is 13.6.